The van der Waals surface area contributed by atoms with E-state index in [1.54, 1.807) is 7.11 Å². The summed E-state index contributed by atoms with van der Waals surface area (Å²) in [5.41, 5.74) is 0. The van der Waals surface area contributed by atoms with Gasteiger partial charge in [-0.1, -0.05) is 52.4 Å². The molecule has 0 bridgehead atoms. The number of ether oxygens (including phenoxy) is 1. The molecule has 0 radical (unpaired) electrons. The molecule has 0 aromatic rings. The summed E-state index contributed by atoms with van der Waals surface area (Å²) in [7, 11) is 1.76. The number of rotatable bonds is 10. The summed E-state index contributed by atoms with van der Waals surface area (Å²) in [4.78, 5) is 12.7. The Hall–Kier alpha value is -0.370. The van der Waals surface area contributed by atoms with Crippen molar-refractivity contribution >= 4 is 5.78 Å². The van der Waals surface area contributed by atoms with E-state index >= 15 is 0 Å². The van der Waals surface area contributed by atoms with Gasteiger partial charge in [-0.15, -0.1) is 0 Å². The van der Waals surface area contributed by atoms with Crippen molar-refractivity contribution in [2.24, 2.45) is 17.8 Å². The van der Waals surface area contributed by atoms with Crippen LogP contribution in [0.25, 0.3) is 0 Å². The van der Waals surface area contributed by atoms with Crippen molar-refractivity contribution < 1.29 is 9.53 Å². The molecular formula is C18H34O2. The molecular weight excluding hydrogens is 248 g/mol. The van der Waals surface area contributed by atoms with Crippen LogP contribution in [-0.2, 0) is 9.53 Å². The van der Waals surface area contributed by atoms with E-state index in [0.29, 0.717) is 23.5 Å². The van der Waals surface area contributed by atoms with Crippen LogP contribution in [-0.4, -0.2) is 19.5 Å². The third-order valence-electron chi connectivity index (χ3n) is 5.05. The van der Waals surface area contributed by atoms with Crippen LogP contribution in [0.4, 0.5) is 0 Å². The summed E-state index contributed by atoms with van der Waals surface area (Å²) in [6, 6.07) is 0. The highest BCUT2D eigenvalue weighted by Crippen LogP contribution is 2.35. The second-order valence-electron chi connectivity index (χ2n) is 6.52. The Morgan fingerprint density at radius 3 is 2.65 bits per heavy atom. The van der Waals surface area contributed by atoms with Gasteiger partial charge in [0.2, 0.25) is 0 Å². The molecule has 3 unspecified atom stereocenters. The number of carbonyl (C=O) groups is 1. The number of carbonyl (C=O) groups excluding carboxylic acids is 1. The Balaban J connectivity index is 2.48. The number of methoxy groups -OCH3 is 1. The second kappa shape index (κ2) is 10.4. The van der Waals surface area contributed by atoms with Gasteiger partial charge < -0.3 is 4.74 Å². The molecule has 1 aliphatic carbocycles. The Morgan fingerprint density at radius 2 is 2.00 bits per heavy atom. The Morgan fingerprint density at radius 1 is 1.25 bits per heavy atom. The topological polar surface area (TPSA) is 26.3 Å². The zero-order chi connectivity index (χ0) is 14.8. The zero-order valence-electron chi connectivity index (χ0n) is 13.8. The Bertz CT molecular complexity index is 262. The molecule has 0 aliphatic heterocycles. The molecule has 2 heteroatoms. The normalized spacial score (nSPS) is 24.6. The SMILES string of the molecule is CCCCC(CC)CC(=O)C1CCCCC1CCOC. The first-order valence-corrected chi connectivity index (χ1v) is 8.74. The van der Waals surface area contributed by atoms with Crippen LogP contribution in [0, 0.1) is 17.8 Å². The van der Waals surface area contributed by atoms with Gasteiger partial charge in [-0.3, -0.25) is 4.79 Å². The number of hydrogen-bond donors (Lipinski definition) is 0. The van der Waals surface area contributed by atoms with E-state index in [-0.39, 0.29) is 0 Å². The molecule has 1 rings (SSSR count). The van der Waals surface area contributed by atoms with E-state index < -0.39 is 0 Å². The van der Waals surface area contributed by atoms with E-state index in [1.165, 1.54) is 38.5 Å². The van der Waals surface area contributed by atoms with E-state index in [2.05, 4.69) is 13.8 Å². The van der Waals surface area contributed by atoms with Gasteiger partial charge >= 0.3 is 0 Å². The lowest BCUT2D eigenvalue weighted by Gasteiger charge is -2.31. The molecule has 0 amide bonds. The molecule has 20 heavy (non-hydrogen) atoms. The quantitative estimate of drug-likeness (QED) is 0.563. The molecule has 0 aromatic carbocycles. The Kier molecular flexibility index (Phi) is 9.17. The first kappa shape index (κ1) is 17.7. The zero-order valence-corrected chi connectivity index (χ0v) is 13.8. The van der Waals surface area contributed by atoms with Crippen molar-refractivity contribution in [1.29, 1.82) is 0 Å². The summed E-state index contributed by atoms with van der Waals surface area (Å²) in [5.74, 6) is 2.08. The summed E-state index contributed by atoms with van der Waals surface area (Å²) >= 11 is 0. The molecule has 2 nitrogen and oxygen atoms in total. The van der Waals surface area contributed by atoms with Crippen molar-refractivity contribution in [3.63, 3.8) is 0 Å². The van der Waals surface area contributed by atoms with Gasteiger partial charge in [0.05, 0.1) is 0 Å². The summed E-state index contributed by atoms with van der Waals surface area (Å²) in [6.07, 6.45) is 11.7. The second-order valence-corrected chi connectivity index (χ2v) is 6.52. The lowest BCUT2D eigenvalue weighted by Crippen LogP contribution is -2.29. The first-order valence-electron chi connectivity index (χ1n) is 8.74. The summed E-state index contributed by atoms with van der Waals surface area (Å²) < 4.78 is 5.22. The van der Waals surface area contributed by atoms with E-state index in [0.717, 1.165) is 32.3 Å². The minimum atomic E-state index is 0.328. The van der Waals surface area contributed by atoms with Gasteiger partial charge in [-0.05, 0) is 31.1 Å². The highest BCUT2D eigenvalue weighted by Gasteiger charge is 2.31. The standard InChI is InChI=1S/C18H34O2/c1-4-6-9-15(5-2)14-18(19)17-11-8-7-10-16(17)12-13-20-3/h15-17H,4-14H2,1-3H3. The minimum Gasteiger partial charge on any atom is -0.385 e. The smallest absolute Gasteiger partial charge is 0.136 e. The van der Waals surface area contributed by atoms with E-state index in [1.807, 2.05) is 0 Å². The maximum Gasteiger partial charge on any atom is 0.136 e. The molecule has 1 saturated carbocycles. The van der Waals surface area contributed by atoms with Crippen molar-refractivity contribution in [2.75, 3.05) is 13.7 Å². The molecule has 0 N–H and O–H groups in total. The molecule has 1 fully saturated rings. The highest BCUT2D eigenvalue weighted by molar-refractivity contribution is 5.81. The maximum atomic E-state index is 12.7. The summed E-state index contributed by atoms with van der Waals surface area (Å²) in [5, 5.41) is 0. The number of hydrogen-bond acceptors (Lipinski definition) is 2. The predicted molar refractivity (Wildman–Crippen MR) is 84.9 cm³/mol. The molecule has 0 heterocycles. The fraction of sp³-hybridized carbons (Fsp3) is 0.944. The van der Waals surface area contributed by atoms with E-state index in [4.69, 9.17) is 4.74 Å². The molecule has 0 spiro atoms. The maximum absolute atomic E-state index is 12.7. The van der Waals surface area contributed by atoms with Gasteiger partial charge in [0.1, 0.15) is 5.78 Å². The van der Waals surface area contributed by atoms with Crippen molar-refractivity contribution in [3.8, 4) is 0 Å². The first-order chi connectivity index (χ1) is 9.72. The van der Waals surface area contributed by atoms with Crippen molar-refractivity contribution in [2.45, 2.75) is 78.1 Å². The summed E-state index contributed by atoms with van der Waals surface area (Å²) in [6.45, 7) is 5.27. The Labute approximate surface area is 125 Å². The fourth-order valence-electron chi connectivity index (χ4n) is 3.63. The molecule has 0 aromatic heterocycles. The molecule has 0 saturated heterocycles. The number of unbranched alkanes of at least 4 members (excludes halogenated alkanes) is 1. The lowest BCUT2D eigenvalue weighted by atomic mass is 9.73. The van der Waals surface area contributed by atoms with Crippen LogP contribution in [0.2, 0.25) is 0 Å². The largest absolute Gasteiger partial charge is 0.385 e. The van der Waals surface area contributed by atoms with Crippen LogP contribution in [0.15, 0.2) is 0 Å². The minimum absolute atomic E-state index is 0.328. The van der Waals surface area contributed by atoms with E-state index in [9.17, 15) is 4.79 Å². The monoisotopic (exact) mass is 282 g/mol. The average Bonchev–Trinajstić information content (AvgIpc) is 2.49. The molecule has 1 aliphatic rings. The predicted octanol–water partition coefficient (Wildman–Crippen LogP) is 5.00. The highest BCUT2D eigenvalue weighted by atomic mass is 16.5. The fourth-order valence-corrected chi connectivity index (χ4v) is 3.63. The number of Topliss-reactive ketones (excluding diaryl/α,β-unsaturated/α-hetero) is 1. The van der Waals surface area contributed by atoms with Gasteiger partial charge in [0.15, 0.2) is 0 Å². The van der Waals surface area contributed by atoms with Crippen LogP contribution < -0.4 is 0 Å². The van der Waals surface area contributed by atoms with Crippen LogP contribution in [0.1, 0.15) is 78.1 Å². The molecule has 3 atom stereocenters. The van der Waals surface area contributed by atoms with Gasteiger partial charge in [0.25, 0.3) is 0 Å². The van der Waals surface area contributed by atoms with Gasteiger partial charge in [-0.2, -0.15) is 0 Å². The van der Waals surface area contributed by atoms with Crippen molar-refractivity contribution in [1.82, 2.24) is 0 Å². The molecule has 118 valence electrons. The van der Waals surface area contributed by atoms with Crippen LogP contribution in [0.5, 0.6) is 0 Å². The third-order valence-corrected chi connectivity index (χ3v) is 5.05. The number of ketones is 1. The third kappa shape index (κ3) is 5.95. The lowest BCUT2D eigenvalue weighted by molar-refractivity contribution is -0.127. The van der Waals surface area contributed by atoms with Gasteiger partial charge in [0, 0.05) is 26.1 Å². The van der Waals surface area contributed by atoms with Crippen molar-refractivity contribution in [3.05, 3.63) is 0 Å². The van der Waals surface area contributed by atoms with Gasteiger partial charge in [-0.25, -0.2) is 0 Å². The average molecular weight is 282 g/mol. The van der Waals surface area contributed by atoms with Crippen LogP contribution in [0.3, 0.4) is 0 Å². The van der Waals surface area contributed by atoms with Crippen LogP contribution >= 0.6 is 0 Å².